The normalized spacial score (nSPS) is 18.3. The Kier molecular flexibility index (Phi) is 11.1. The maximum absolute atomic E-state index is 13.0. The van der Waals surface area contributed by atoms with Crippen LogP contribution in [0.5, 0.6) is 0 Å². The van der Waals surface area contributed by atoms with Gasteiger partial charge in [-0.2, -0.15) is 0 Å². The quantitative estimate of drug-likeness (QED) is 0.0685. The number of nitrogens with zero attached hydrogens (tertiary/aromatic N) is 2. The lowest BCUT2D eigenvalue weighted by atomic mass is 10.1. The van der Waals surface area contributed by atoms with Crippen molar-refractivity contribution < 1.29 is 29.4 Å². The number of rotatable bonds is 14. The molecule has 36 heavy (non-hydrogen) atoms. The summed E-state index contributed by atoms with van der Waals surface area (Å²) in [6, 6.07) is -4.28. The fourth-order valence-corrected chi connectivity index (χ4v) is 3.69. The number of hydrogen-bond acceptors (Lipinski definition) is 8. The van der Waals surface area contributed by atoms with Gasteiger partial charge in [0.05, 0.1) is 18.5 Å². The Morgan fingerprint density at radius 1 is 1.19 bits per heavy atom. The molecule has 5 unspecified atom stereocenters. The number of aliphatic imine (C=N–C) groups is 1. The summed E-state index contributed by atoms with van der Waals surface area (Å²) in [5.41, 5.74) is 11.1. The third-order valence-electron chi connectivity index (χ3n) is 5.61. The number of H-pyrrole nitrogens is 1. The second-order valence-electron chi connectivity index (χ2n) is 8.57. The first-order chi connectivity index (χ1) is 17.1. The van der Waals surface area contributed by atoms with E-state index in [-0.39, 0.29) is 31.8 Å². The summed E-state index contributed by atoms with van der Waals surface area (Å²) < 4.78 is 0. The molecule has 200 valence electrons. The molecule has 2 rings (SSSR count). The van der Waals surface area contributed by atoms with E-state index in [2.05, 4.69) is 36.2 Å². The molecule has 0 radical (unpaired) electrons. The van der Waals surface area contributed by atoms with Crippen LogP contribution in [-0.4, -0.2) is 93.2 Å². The van der Waals surface area contributed by atoms with E-state index >= 15 is 0 Å². The predicted molar refractivity (Wildman–Crippen MR) is 128 cm³/mol. The summed E-state index contributed by atoms with van der Waals surface area (Å²) >= 11 is 0. The van der Waals surface area contributed by atoms with E-state index in [4.69, 9.17) is 11.5 Å². The molecule has 0 aromatic carbocycles. The van der Waals surface area contributed by atoms with Crippen molar-refractivity contribution in [2.75, 3.05) is 13.1 Å². The zero-order valence-corrected chi connectivity index (χ0v) is 20.1. The van der Waals surface area contributed by atoms with Crippen molar-refractivity contribution in [2.45, 2.75) is 69.3 Å². The van der Waals surface area contributed by atoms with Crippen molar-refractivity contribution >= 4 is 29.7 Å². The third kappa shape index (κ3) is 9.14. The number of aliphatic hydroxyl groups excluding tert-OH is 1. The molecule has 0 saturated carbocycles. The minimum atomic E-state index is -1.33. The Morgan fingerprint density at radius 3 is 2.47 bits per heavy atom. The maximum Gasteiger partial charge on any atom is 0.326 e. The van der Waals surface area contributed by atoms with Crippen LogP contribution in [0.3, 0.4) is 0 Å². The number of nitrogens with one attached hydrogen (secondary N) is 5. The number of nitrogens with two attached hydrogens (primary N) is 2. The van der Waals surface area contributed by atoms with Crippen molar-refractivity contribution in [3.8, 4) is 0 Å². The Labute approximate surface area is 207 Å². The van der Waals surface area contributed by atoms with Gasteiger partial charge in [0.25, 0.3) is 0 Å². The number of hydrogen-bond donors (Lipinski definition) is 9. The number of carbonyl (C=O) groups is 4. The number of carboxylic acids is 1. The molecule has 1 fully saturated rings. The Morgan fingerprint density at radius 2 is 1.92 bits per heavy atom. The fraction of sp³-hybridized carbons (Fsp3) is 0.619. The number of carboxylic acid groups (broad SMARTS) is 1. The number of guanidine groups is 1. The fourth-order valence-electron chi connectivity index (χ4n) is 3.69. The highest BCUT2D eigenvalue weighted by molar-refractivity contribution is 5.94. The molecule has 1 aromatic rings. The van der Waals surface area contributed by atoms with E-state index in [1.54, 1.807) is 0 Å². The number of aromatic amines is 1. The van der Waals surface area contributed by atoms with Gasteiger partial charge in [-0.1, -0.05) is 0 Å². The van der Waals surface area contributed by atoms with Crippen molar-refractivity contribution in [1.82, 2.24) is 31.2 Å². The van der Waals surface area contributed by atoms with Crippen LogP contribution in [-0.2, 0) is 25.6 Å². The number of aliphatic carboxylic acids is 1. The first-order valence-electron chi connectivity index (χ1n) is 11.7. The molecule has 3 amide bonds. The molecular formula is C21H35N9O6. The second kappa shape index (κ2) is 14.0. The van der Waals surface area contributed by atoms with Crippen LogP contribution in [0.15, 0.2) is 17.5 Å². The standard InChI is InChI=1S/C21H35N9O6/c1-11(31)16(30-17(32)13-4-2-6-25-13)19(34)28-14(5-3-7-26-21(22)23)18(33)29-15(20(35)36)8-12-9-24-10-27-12/h9-11,13-16,25,31H,2-8H2,1H3,(H,24,27)(H,28,34)(H,29,33)(H,30,32)(H,35,36)(H4,22,23,26). The van der Waals surface area contributed by atoms with Crippen LogP contribution in [0.2, 0.25) is 0 Å². The highest BCUT2D eigenvalue weighted by Crippen LogP contribution is 2.08. The zero-order valence-electron chi connectivity index (χ0n) is 20.1. The lowest BCUT2D eigenvalue weighted by molar-refractivity contribution is -0.142. The van der Waals surface area contributed by atoms with Crippen LogP contribution in [0, 0.1) is 0 Å². The van der Waals surface area contributed by atoms with E-state index < -0.39 is 54.0 Å². The van der Waals surface area contributed by atoms with E-state index in [1.807, 2.05) is 0 Å². The number of aliphatic hydroxyl groups is 1. The zero-order chi connectivity index (χ0) is 26.7. The second-order valence-corrected chi connectivity index (χ2v) is 8.57. The summed E-state index contributed by atoms with van der Waals surface area (Å²) in [5, 5.41) is 30.1. The van der Waals surface area contributed by atoms with Gasteiger partial charge in [-0.25, -0.2) is 9.78 Å². The topological polar surface area (TPSA) is 250 Å². The summed E-state index contributed by atoms with van der Waals surface area (Å²) in [6.07, 6.45) is 3.26. The lowest BCUT2D eigenvalue weighted by Gasteiger charge is -2.26. The smallest absolute Gasteiger partial charge is 0.326 e. The van der Waals surface area contributed by atoms with Crippen LogP contribution in [0.1, 0.15) is 38.3 Å². The lowest BCUT2D eigenvalue weighted by Crippen LogP contribution is -2.59. The highest BCUT2D eigenvalue weighted by Gasteiger charge is 2.33. The summed E-state index contributed by atoms with van der Waals surface area (Å²) in [7, 11) is 0. The average molecular weight is 510 g/mol. The van der Waals surface area contributed by atoms with Gasteiger partial charge in [0, 0.05) is 24.9 Å². The van der Waals surface area contributed by atoms with Crippen LogP contribution in [0.25, 0.3) is 0 Å². The molecule has 0 aliphatic carbocycles. The third-order valence-corrected chi connectivity index (χ3v) is 5.61. The van der Waals surface area contributed by atoms with Crippen molar-refractivity contribution in [3.63, 3.8) is 0 Å². The Hall–Kier alpha value is -3.72. The molecule has 15 heteroatoms. The minimum absolute atomic E-state index is 0.0590. The molecule has 1 aromatic heterocycles. The molecule has 5 atom stereocenters. The molecule has 1 saturated heterocycles. The molecule has 0 spiro atoms. The van der Waals surface area contributed by atoms with E-state index in [1.165, 1.54) is 19.4 Å². The van der Waals surface area contributed by atoms with Crippen molar-refractivity contribution in [2.24, 2.45) is 16.5 Å². The molecule has 2 heterocycles. The molecule has 15 nitrogen and oxygen atoms in total. The molecule has 0 bridgehead atoms. The Balaban J connectivity index is 2.11. The van der Waals surface area contributed by atoms with Gasteiger partial charge in [-0.15, -0.1) is 0 Å². The minimum Gasteiger partial charge on any atom is -0.480 e. The van der Waals surface area contributed by atoms with Gasteiger partial charge < -0.3 is 47.9 Å². The van der Waals surface area contributed by atoms with Gasteiger partial charge in [-0.05, 0) is 39.2 Å². The van der Waals surface area contributed by atoms with Gasteiger partial charge in [0.15, 0.2) is 5.96 Å². The van der Waals surface area contributed by atoms with E-state index in [0.717, 1.165) is 6.42 Å². The van der Waals surface area contributed by atoms with Gasteiger partial charge in [0.1, 0.15) is 18.1 Å². The average Bonchev–Trinajstić information content (AvgIpc) is 3.52. The van der Waals surface area contributed by atoms with E-state index in [0.29, 0.717) is 18.7 Å². The van der Waals surface area contributed by atoms with Gasteiger partial charge in [0.2, 0.25) is 17.7 Å². The maximum atomic E-state index is 13.0. The predicted octanol–water partition coefficient (Wildman–Crippen LogP) is -3.32. The van der Waals surface area contributed by atoms with Crippen LogP contribution in [0.4, 0.5) is 0 Å². The largest absolute Gasteiger partial charge is 0.480 e. The highest BCUT2D eigenvalue weighted by atomic mass is 16.4. The molecule has 11 N–H and O–H groups in total. The van der Waals surface area contributed by atoms with Crippen LogP contribution < -0.4 is 32.7 Å². The van der Waals surface area contributed by atoms with Gasteiger partial charge in [-0.3, -0.25) is 19.4 Å². The first-order valence-corrected chi connectivity index (χ1v) is 11.7. The van der Waals surface area contributed by atoms with Crippen molar-refractivity contribution in [1.29, 1.82) is 0 Å². The Bertz CT molecular complexity index is 911. The summed E-state index contributed by atoms with van der Waals surface area (Å²) in [5.74, 6) is -3.40. The number of carbonyl (C=O) groups excluding carboxylic acids is 3. The van der Waals surface area contributed by atoms with Crippen molar-refractivity contribution in [3.05, 3.63) is 18.2 Å². The van der Waals surface area contributed by atoms with Gasteiger partial charge >= 0.3 is 5.97 Å². The molecule has 1 aliphatic heterocycles. The first kappa shape index (κ1) is 28.5. The summed E-state index contributed by atoms with van der Waals surface area (Å²) in [6.45, 7) is 2.18. The number of aromatic nitrogens is 2. The number of imidazole rings is 1. The molecule has 1 aliphatic rings. The van der Waals surface area contributed by atoms with Crippen LogP contribution >= 0.6 is 0 Å². The van der Waals surface area contributed by atoms with E-state index in [9.17, 15) is 29.4 Å². The SMILES string of the molecule is CC(O)C(NC(=O)C1CCCN1)C(=O)NC(CCCN=C(N)N)C(=O)NC(Cc1cnc[nH]1)C(=O)O. The summed E-state index contributed by atoms with van der Waals surface area (Å²) in [4.78, 5) is 60.6. The molecular weight excluding hydrogens is 474 g/mol. The number of amides is 3. The monoisotopic (exact) mass is 509 g/mol.